The molecule has 0 unspecified atom stereocenters. The van der Waals surface area contributed by atoms with E-state index < -0.39 is 5.97 Å². The monoisotopic (exact) mass is 324 g/mol. The Kier molecular flexibility index (Phi) is 6.01. The van der Waals surface area contributed by atoms with Crippen molar-refractivity contribution in [3.05, 3.63) is 70.8 Å². The third-order valence-corrected chi connectivity index (χ3v) is 3.88. The van der Waals surface area contributed by atoms with Gasteiger partial charge in [-0.2, -0.15) is 0 Å². The van der Waals surface area contributed by atoms with Crippen LogP contribution in [-0.2, 0) is 17.8 Å². The normalized spacial score (nSPS) is 10.2. The van der Waals surface area contributed by atoms with Gasteiger partial charge in [0.25, 0.3) is 0 Å². The lowest BCUT2D eigenvalue weighted by molar-refractivity contribution is -0.136. The summed E-state index contributed by atoms with van der Waals surface area (Å²) in [4.78, 5) is 10.6. The van der Waals surface area contributed by atoms with Gasteiger partial charge in [-0.15, -0.1) is 0 Å². The summed E-state index contributed by atoms with van der Waals surface area (Å²) in [6, 6.07) is 16.1. The van der Waals surface area contributed by atoms with Gasteiger partial charge in [-0.25, -0.2) is 0 Å². The maximum atomic E-state index is 10.6. The minimum absolute atomic E-state index is 0.165. The fourth-order valence-corrected chi connectivity index (χ4v) is 2.34. The van der Waals surface area contributed by atoms with Crippen molar-refractivity contribution in [1.29, 1.82) is 0 Å². The highest BCUT2D eigenvalue weighted by atomic mass is 16.4. The highest BCUT2D eigenvalue weighted by molar-refractivity contribution is 5.67. The first kappa shape index (κ1) is 17.6. The summed E-state index contributed by atoms with van der Waals surface area (Å²) in [5.41, 5.74) is 12.2. The molecule has 0 radical (unpaired) electrons. The minimum atomic E-state index is -0.766. The molecular formula is C20H24N2O2. The van der Waals surface area contributed by atoms with E-state index in [1.54, 1.807) is 0 Å². The zero-order valence-electron chi connectivity index (χ0n) is 14.2. The SMILES string of the molecule is CC(C)=C(N)c1ccc(NCc2ccc(CCC(=O)O)cc2)cc1. The molecule has 4 nitrogen and oxygen atoms in total. The Balaban J connectivity index is 1.91. The van der Waals surface area contributed by atoms with Crippen LogP contribution in [0.3, 0.4) is 0 Å². The number of rotatable bonds is 7. The molecule has 2 rings (SSSR count). The Labute approximate surface area is 143 Å². The third-order valence-electron chi connectivity index (χ3n) is 3.88. The number of hydrogen-bond acceptors (Lipinski definition) is 3. The van der Waals surface area contributed by atoms with Crippen LogP contribution in [0.5, 0.6) is 0 Å². The van der Waals surface area contributed by atoms with Gasteiger partial charge in [-0.05, 0) is 49.1 Å². The highest BCUT2D eigenvalue weighted by Crippen LogP contribution is 2.17. The number of hydrogen-bond donors (Lipinski definition) is 3. The molecule has 0 heterocycles. The van der Waals surface area contributed by atoms with Crippen molar-refractivity contribution in [1.82, 2.24) is 0 Å². The molecule has 2 aromatic carbocycles. The molecule has 0 saturated carbocycles. The summed E-state index contributed by atoms with van der Waals surface area (Å²) >= 11 is 0. The van der Waals surface area contributed by atoms with Crippen LogP contribution in [0.2, 0.25) is 0 Å². The van der Waals surface area contributed by atoms with Crippen LogP contribution in [0.4, 0.5) is 5.69 Å². The van der Waals surface area contributed by atoms with Gasteiger partial charge < -0.3 is 16.2 Å². The van der Waals surface area contributed by atoms with E-state index in [-0.39, 0.29) is 6.42 Å². The molecular weight excluding hydrogens is 300 g/mol. The Morgan fingerprint density at radius 2 is 1.58 bits per heavy atom. The van der Waals surface area contributed by atoms with Gasteiger partial charge in [-0.1, -0.05) is 42.0 Å². The van der Waals surface area contributed by atoms with Crippen molar-refractivity contribution in [3.8, 4) is 0 Å². The van der Waals surface area contributed by atoms with E-state index >= 15 is 0 Å². The van der Waals surface area contributed by atoms with Crippen molar-refractivity contribution in [2.45, 2.75) is 33.2 Å². The van der Waals surface area contributed by atoms with Crippen LogP contribution in [0.25, 0.3) is 5.70 Å². The van der Waals surface area contributed by atoms with Crippen LogP contribution in [-0.4, -0.2) is 11.1 Å². The molecule has 0 aromatic heterocycles. The van der Waals surface area contributed by atoms with E-state index in [4.69, 9.17) is 10.8 Å². The van der Waals surface area contributed by atoms with Crippen LogP contribution in [0, 0.1) is 0 Å². The lowest BCUT2D eigenvalue weighted by atomic mass is 10.1. The van der Waals surface area contributed by atoms with E-state index in [9.17, 15) is 4.79 Å². The van der Waals surface area contributed by atoms with Crippen LogP contribution in [0.15, 0.2) is 54.1 Å². The van der Waals surface area contributed by atoms with E-state index in [1.807, 2.05) is 62.4 Å². The molecule has 0 aliphatic rings. The van der Waals surface area contributed by atoms with Crippen molar-refractivity contribution < 1.29 is 9.90 Å². The number of nitrogens with two attached hydrogens (primary N) is 1. The quantitative estimate of drug-likeness (QED) is 0.719. The lowest BCUT2D eigenvalue weighted by Crippen LogP contribution is -2.02. The molecule has 0 aliphatic carbocycles. The minimum Gasteiger partial charge on any atom is -0.481 e. The zero-order valence-corrected chi connectivity index (χ0v) is 14.2. The number of aliphatic carboxylic acids is 1. The smallest absolute Gasteiger partial charge is 0.303 e. The fraction of sp³-hybridized carbons (Fsp3) is 0.250. The Hall–Kier alpha value is -2.75. The van der Waals surface area contributed by atoms with Crippen molar-refractivity contribution >= 4 is 17.4 Å². The second kappa shape index (κ2) is 8.20. The number of allylic oxidation sites excluding steroid dienone is 1. The molecule has 4 N–H and O–H groups in total. The number of carboxylic acid groups (broad SMARTS) is 1. The highest BCUT2D eigenvalue weighted by Gasteiger charge is 2.01. The summed E-state index contributed by atoms with van der Waals surface area (Å²) in [7, 11) is 0. The molecule has 0 atom stereocenters. The topological polar surface area (TPSA) is 75.3 Å². The molecule has 24 heavy (non-hydrogen) atoms. The number of nitrogens with one attached hydrogen (secondary N) is 1. The first-order valence-electron chi connectivity index (χ1n) is 8.02. The van der Waals surface area contributed by atoms with Crippen molar-refractivity contribution in [2.24, 2.45) is 5.73 Å². The van der Waals surface area contributed by atoms with E-state index in [0.29, 0.717) is 6.42 Å². The molecule has 2 aromatic rings. The lowest BCUT2D eigenvalue weighted by Gasteiger charge is -2.09. The predicted octanol–water partition coefficient (Wildman–Crippen LogP) is 4.03. The maximum absolute atomic E-state index is 10.6. The Morgan fingerprint density at radius 3 is 2.12 bits per heavy atom. The van der Waals surface area contributed by atoms with E-state index in [0.717, 1.165) is 40.2 Å². The average molecular weight is 324 g/mol. The van der Waals surface area contributed by atoms with Crippen molar-refractivity contribution in [2.75, 3.05) is 5.32 Å². The first-order chi connectivity index (χ1) is 11.5. The number of aryl methyl sites for hydroxylation is 1. The molecule has 0 amide bonds. The van der Waals surface area contributed by atoms with Gasteiger partial charge in [0.05, 0.1) is 0 Å². The van der Waals surface area contributed by atoms with Crippen LogP contribution in [0.1, 0.15) is 37.0 Å². The van der Waals surface area contributed by atoms with Gasteiger partial charge in [0, 0.05) is 24.4 Å². The Morgan fingerprint density at radius 1 is 1.00 bits per heavy atom. The Bertz CT molecular complexity index is 712. The number of carbonyl (C=O) groups is 1. The maximum Gasteiger partial charge on any atom is 0.303 e. The average Bonchev–Trinajstić information content (AvgIpc) is 2.58. The van der Waals surface area contributed by atoms with Gasteiger partial charge in [0.2, 0.25) is 0 Å². The molecule has 0 spiro atoms. The van der Waals surface area contributed by atoms with Gasteiger partial charge in [-0.3, -0.25) is 4.79 Å². The standard InChI is InChI=1S/C20H24N2O2/c1-14(2)20(21)17-8-10-18(11-9-17)22-13-16-5-3-15(4-6-16)7-12-19(23)24/h3-6,8-11,22H,7,12-13,21H2,1-2H3,(H,23,24). The second-order valence-electron chi connectivity index (χ2n) is 6.05. The van der Waals surface area contributed by atoms with E-state index in [2.05, 4.69) is 5.32 Å². The van der Waals surface area contributed by atoms with E-state index in [1.165, 1.54) is 0 Å². The first-order valence-corrected chi connectivity index (χ1v) is 8.02. The van der Waals surface area contributed by atoms with Gasteiger partial charge in [0.15, 0.2) is 0 Å². The van der Waals surface area contributed by atoms with Gasteiger partial charge >= 0.3 is 5.97 Å². The summed E-state index contributed by atoms with van der Waals surface area (Å²) in [5.74, 6) is -0.766. The fourth-order valence-electron chi connectivity index (χ4n) is 2.34. The summed E-state index contributed by atoms with van der Waals surface area (Å²) in [5, 5.41) is 12.1. The van der Waals surface area contributed by atoms with Crippen LogP contribution < -0.4 is 11.1 Å². The number of benzene rings is 2. The molecule has 126 valence electrons. The number of carboxylic acids is 1. The zero-order chi connectivity index (χ0) is 17.5. The molecule has 4 heteroatoms. The molecule has 0 bridgehead atoms. The third kappa shape index (κ3) is 5.16. The largest absolute Gasteiger partial charge is 0.481 e. The van der Waals surface area contributed by atoms with Crippen LogP contribution >= 0.6 is 0 Å². The summed E-state index contributed by atoms with van der Waals surface area (Å²) in [6.07, 6.45) is 0.731. The summed E-state index contributed by atoms with van der Waals surface area (Å²) in [6.45, 7) is 4.72. The second-order valence-corrected chi connectivity index (χ2v) is 6.05. The number of anilines is 1. The predicted molar refractivity (Wildman–Crippen MR) is 98.6 cm³/mol. The van der Waals surface area contributed by atoms with Crippen molar-refractivity contribution in [3.63, 3.8) is 0 Å². The molecule has 0 fully saturated rings. The summed E-state index contributed by atoms with van der Waals surface area (Å²) < 4.78 is 0. The molecule has 0 saturated heterocycles. The molecule has 0 aliphatic heterocycles. The van der Waals surface area contributed by atoms with Gasteiger partial charge in [0.1, 0.15) is 0 Å².